The van der Waals surface area contributed by atoms with Crippen LogP contribution in [0.25, 0.3) is 0 Å². The molecule has 0 aliphatic carbocycles. The predicted octanol–water partition coefficient (Wildman–Crippen LogP) is 1.33. The van der Waals surface area contributed by atoms with E-state index in [2.05, 4.69) is 0 Å². The molecule has 1 aromatic rings. The van der Waals surface area contributed by atoms with E-state index in [1.165, 1.54) is 17.0 Å². The van der Waals surface area contributed by atoms with E-state index in [-0.39, 0.29) is 43.2 Å². The van der Waals surface area contributed by atoms with Crippen LogP contribution >= 0.6 is 0 Å². The summed E-state index contributed by atoms with van der Waals surface area (Å²) in [6, 6.07) is 4.10. The van der Waals surface area contributed by atoms with Gasteiger partial charge in [-0.3, -0.25) is 9.59 Å². The van der Waals surface area contributed by atoms with Crippen molar-refractivity contribution in [3.8, 4) is 0 Å². The number of halogens is 1. The SMILES string of the molecule is CC(CO)N(C)C(=O)CCN1C(=O)CCc2cc(F)ccc21. The third-order valence-corrected chi connectivity index (χ3v) is 4.11. The lowest BCUT2D eigenvalue weighted by Crippen LogP contribution is -2.41. The van der Waals surface area contributed by atoms with Gasteiger partial charge in [0.05, 0.1) is 12.6 Å². The van der Waals surface area contributed by atoms with Gasteiger partial charge in [-0.1, -0.05) is 0 Å². The highest BCUT2D eigenvalue weighted by molar-refractivity contribution is 5.97. The number of rotatable bonds is 5. The zero-order valence-corrected chi connectivity index (χ0v) is 12.9. The number of aliphatic hydroxyl groups is 1. The molecule has 1 aromatic carbocycles. The van der Waals surface area contributed by atoms with Crippen LogP contribution in [-0.2, 0) is 16.0 Å². The topological polar surface area (TPSA) is 60.9 Å². The van der Waals surface area contributed by atoms with Gasteiger partial charge in [-0.15, -0.1) is 0 Å². The Labute approximate surface area is 129 Å². The van der Waals surface area contributed by atoms with E-state index < -0.39 is 0 Å². The van der Waals surface area contributed by atoms with Gasteiger partial charge in [0.25, 0.3) is 0 Å². The van der Waals surface area contributed by atoms with Crippen molar-refractivity contribution in [2.45, 2.75) is 32.2 Å². The summed E-state index contributed by atoms with van der Waals surface area (Å²) >= 11 is 0. The van der Waals surface area contributed by atoms with Crippen LogP contribution in [0.4, 0.5) is 10.1 Å². The first-order valence-corrected chi connectivity index (χ1v) is 7.39. The summed E-state index contributed by atoms with van der Waals surface area (Å²) in [6.07, 6.45) is 1.02. The average molecular weight is 308 g/mol. The molecule has 0 aromatic heterocycles. The van der Waals surface area contributed by atoms with Gasteiger partial charge in [0.1, 0.15) is 5.82 Å². The lowest BCUT2D eigenvalue weighted by Gasteiger charge is -2.30. The maximum absolute atomic E-state index is 13.3. The second-order valence-electron chi connectivity index (χ2n) is 5.60. The highest BCUT2D eigenvalue weighted by atomic mass is 19.1. The Balaban J connectivity index is 2.07. The molecule has 6 heteroatoms. The Morgan fingerprint density at radius 2 is 2.18 bits per heavy atom. The van der Waals surface area contributed by atoms with Crippen LogP contribution in [0.2, 0.25) is 0 Å². The summed E-state index contributed by atoms with van der Waals surface area (Å²) in [5.74, 6) is -0.506. The Morgan fingerprint density at radius 3 is 2.86 bits per heavy atom. The molecule has 1 aliphatic heterocycles. The van der Waals surface area contributed by atoms with Crippen molar-refractivity contribution in [3.63, 3.8) is 0 Å². The van der Waals surface area contributed by atoms with E-state index in [0.29, 0.717) is 18.5 Å². The number of hydrogen-bond donors (Lipinski definition) is 1. The van der Waals surface area contributed by atoms with Crippen LogP contribution in [-0.4, -0.2) is 48.1 Å². The van der Waals surface area contributed by atoms with E-state index in [9.17, 15) is 14.0 Å². The number of aliphatic hydroxyl groups excluding tert-OH is 1. The van der Waals surface area contributed by atoms with E-state index in [0.717, 1.165) is 5.56 Å². The maximum atomic E-state index is 13.3. The Morgan fingerprint density at radius 1 is 1.45 bits per heavy atom. The molecule has 1 N–H and O–H groups in total. The Bertz CT molecular complexity index is 577. The second kappa shape index (κ2) is 6.87. The van der Waals surface area contributed by atoms with Crippen molar-refractivity contribution in [1.82, 2.24) is 4.90 Å². The molecular weight excluding hydrogens is 287 g/mol. The van der Waals surface area contributed by atoms with Crippen LogP contribution in [0.15, 0.2) is 18.2 Å². The molecule has 22 heavy (non-hydrogen) atoms. The smallest absolute Gasteiger partial charge is 0.227 e. The van der Waals surface area contributed by atoms with Crippen LogP contribution in [0.5, 0.6) is 0 Å². The second-order valence-corrected chi connectivity index (χ2v) is 5.60. The van der Waals surface area contributed by atoms with Gasteiger partial charge in [-0.05, 0) is 37.1 Å². The summed E-state index contributed by atoms with van der Waals surface area (Å²) in [5.41, 5.74) is 1.48. The van der Waals surface area contributed by atoms with Crippen molar-refractivity contribution >= 4 is 17.5 Å². The molecule has 1 aliphatic rings. The lowest BCUT2D eigenvalue weighted by atomic mass is 10.0. The van der Waals surface area contributed by atoms with Gasteiger partial charge in [-0.2, -0.15) is 0 Å². The minimum Gasteiger partial charge on any atom is -0.394 e. The molecule has 2 rings (SSSR count). The summed E-state index contributed by atoms with van der Waals surface area (Å²) in [7, 11) is 1.63. The van der Waals surface area contributed by atoms with Crippen molar-refractivity contribution in [2.24, 2.45) is 0 Å². The summed E-state index contributed by atoms with van der Waals surface area (Å²) in [5, 5.41) is 9.08. The first kappa shape index (κ1) is 16.4. The number of carbonyl (C=O) groups excluding carboxylic acids is 2. The maximum Gasteiger partial charge on any atom is 0.227 e. The van der Waals surface area contributed by atoms with Crippen LogP contribution in [0, 0.1) is 5.82 Å². The molecule has 2 amide bonds. The van der Waals surface area contributed by atoms with Crippen LogP contribution in [0.3, 0.4) is 0 Å². The van der Waals surface area contributed by atoms with Gasteiger partial charge < -0.3 is 14.9 Å². The standard InChI is InChI=1S/C16H21FN2O3/c1-11(10-20)18(2)15(21)7-8-19-14-5-4-13(17)9-12(14)3-6-16(19)22/h4-5,9,11,20H,3,6-8,10H2,1-2H3. The fourth-order valence-corrected chi connectivity index (χ4v) is 2.53. The van der Waals surface area contributed by atoms with E-state index in [4.69, 9.17) is 5.11 Å². The number of benzene rings is 1. The summed E-state index contributed by atoms with van der Waals surface area (Å²) < 4.78 is 13.3. The number of nitrogens with zero attached hydrogens (tertiary/aromatic N) is 2. The number of fused-ring (bicyclic) bond motifs is 1. The number of likely N-dealkylation sites (N-methyl/N-ethyl adjacent to an activating group) is 1. The summed E-state index contributed by atoms with van der Waals surface area (Å²) in [6.45, 7) is 1.91. The van der Waals surface area contributed by atoms with Crippen molar-refractivity contribution in [3.05, 3.63) is 29.6 Å². The number of hydrogen-bond acceptors (Lipinski definition) is 3. The first-order chi connectivity index (χ1) is 10.4. The molecule has 0 saturated heterocycles. The van der Waals surface area contributed by atoms with E-state index >= 15 is 0 Å². The van der Waals surface area contributed by atoms with Crippen LogP contribution < -0.4 is 4.90 Å². The fourth-order valence-electron chi connectivity index (χ4n) is 2.53. The molecule has 0 fully saturated rings. The Kier molecular flexibility index (Phi) is 5.13. The average Bonchev–Trinajstić information content (AvgIpc) is 2.52. The van der Waals surface area contributed by atoms with Crippen LogP contribution in [0.1, 0.15) is 25.3 Å². The minimum absolute atomic E-state index is 0.0511. The molecule has 0 saturated carbocycles. The number of anilines is 1. The zero-order chi connectivity index (χ0) is 16.3. The van der Waals surface area contributed by atoms with Gasteiger partial charge in [0.15, 0.2) is 0 Å². The van der Waals surface area contributed by atoms with Crippen molar-refractivity contribution in [2.75, 3.05) is 25.1 Å². The van der Waals surface area contributed by atoms with Crippen molar-refractivity contribution in [1.29, 1.82) is 0 Å². The number of aryl methyl sites for hydroxylation is 1. The number of carbonyl (C=O) groups is 2. The van der Waals surface area contributed by atoms with Gasteiger partial charge in [0, 0.05) is 32.1 Å². The van der Waals surface area contributed by atoms with Gasteiger partial charge in [0.2, 0.25) is 11.8 Å². The minimum atomic E-state index is -0.319. The largest absolute Gasteiger partial charge is 0.394 e. The lowest BCUT2D eigenvalue weighted by molar-refractivity contribution is -0.132. The normalized spacial score (nSPS) is 15.5. The monoisotopic (exact) mass is 308 g/mol. The fraction of sp³-hybridized carbons (Fsp3) is 0.500. The van der Waals surface area contributed by atoms with Gasteiger partial charge in [-0.25, -0.2) is 4.39 Å². The highest BCUT2D eigenvalue weighted by Crippen LogP contribution is 2.28. The van der Waals surface area contributed by atoms with E-state index in [1.54, 1.807) is 24.9 Å². The third-order valence-electron chi connectivity index (χ3n) is 4.11. The molecule has 0 spiro atoms. The molecule has 0 bridgehead atoms. The van der Waals surface area contributed by atoms with Gasteiger partial charge >= 0.3 is 0 Å². The quantitative estimate of drug-likeness (QED) is 0.893. The molecule has 1 heterocycles. The third kappa shape index (κ3) is 3.44. The number of amides is 2. The zero-order valence-electron chi connectivity index (χ0n) is 12.9. The molecule has 1 atom stereocenters. The summed E-state index contributed by atoms with van der Waals surface area (Å²) in [4.78, 5) is 27.2. The molecule has 5 nitrogen and oxygen atoms in total. The highest BCUT2D eigenvalue weighted by Gasteiger charge is 2.25. The molecular formula is C16H21FN2O3. The van der Waals surface area contributed by atoms with Crippen molar-refractivity contribution < 1.29 is 19.1 Å². The van der Waals surface area contributed by atoms with E-state index in [1.807, 2.05) is 0 Å². The Hall–Kier alpha value is -1.95. The molecule has 120 valence electrons. The predicted molar refractivity (Wildman–Crippen MR) is 81.0 cm³/mol. The molecule has 1 unspecified atom stereocenters. The first-order valence-electron chi connectivity index (χ1n) is 7.39. The molecule has 0 radical (unpaired) electrons.